The molecule has 0 atom stereocenters. The van der Waals surface area contributed by atoms with Crippen LogP contribution in [0.25, 0.3) is 45.6 Å². The largest absolute Gasteiger partial charge is 1.00 e. The number of halogens is 6. The molecule has 330 valence electrons. The number of rotatable bonds is 9. The quantitative estimate of drug-likeness (QED) is 0.114. The van der Waals surface area contributed by atoms with Crippen LogP contribution in [-0.2, 0) is 0 Å². The number of fused-ring (bicyclic) bond motifs is 4. The van der Waals surface area contributed by atoms with Crippen LogP contribution in [0.5, 0.6) is 11.5 Å². The Hall–Kier alpha value is -4.45. The van der Waals surface area contributed by atoms with Gasteiger partial charge in [0.15, 0.2) is 11.1 Å². The maximum Gasteiger partial charge on any atom is 0.336 e. The van der Waals surface area contributed by atoms with E-state index in [4.69, 9.17) is 42.9 Å². The topological polar surface area (TPSA) is 123 Å². The van der Waals surface area contributed by atoms with Gasteiger partial charge in [0.05, 0.1) is 17.0 Å². The van der Waals surface area contributed by atoms with Crippen LogP contribution in [0.15, 0.2) is 126 Å². The molecule has 2 heterocycles. The number of alkyl halides is 4. The number of ether oxygens (including phenoxy) is 1. The fourth-order valence-corrected chi connectivity index (χ4v) is 7.42. The first-order chi connectivity index (χ1) is 29.4. The molecular formula is C50H46Br2Cl4NO6-. The van der Waals surface area contributed by atoms with Gasteiger partial charge in [-0.3, -0.25) is 10.2 Å². The predicted octanol–water partition coefficient (Wildman–Crippen LogP) is 4.18. The van der Waals surface area contributed by atoms with Crippen LogP contribution in [0.3, 0.4) is 0 Å². The molecule has 5 aromatic rings. The molecule has 0 fully saturated rings. The van der Waals surface area contributed by atoms with E-state index in [-0.39, 0.29) is 41.5 Å². The van der Waals surface area contributed by atoms with Crippen LogP contribution in [-0.4, -0.2) is 44.6 Å². The van der Waals surface area contributed by atoms with Crippen molar-refractivity contribution in [3.63, 3.8) is 0 Å². The van der Waals surface area contributed by atoms with Crippen LogP contribution in [0.2, 0.25) is 0 Å². The summed E-state index contributed by atoms with van der Waals surface area (Å²) >= 11 is 16.1. The Balaban J connectivity index is 0.000000280. The molecule has 0 radical (unpaired) electrons. The van der Waals surface area contributed by atoms with Gasteiger partial charge < -0.3 is 44.2 Å². The Labute approximate surface area is 406 Å². The van der Waals surface area contributed by atoms with E-state index in [1.807, 2.05) is 111 Å². The zero-order valence-corrected chi connectivity index (χ0v) is 40.8. The van der Waals surface area contributed by atoms with E-state index < -0.39 is 5.97 Å². The number of nitrogens with two attached hydrogens (primary N) is 1. The minimum atomic E-state index is -0.946. The molecule has 7 nitrogen and oxygen atoms in total. The lowest BCUT2D eigenvalue weighted by Gasteiger charge is -2.22. The Kier molecular flexibility index (Phi) is 21.6. The van der Waals surface area contributed by atoms with Crippen molar-refractivity contribution in [2.75, 3.05) is 22.6 Å². The highest BCUT2D eigenvalue weighted by Gasteiger charge is 2.24. The number of carbonyl (C=O) groups is 2. The lowest BCUT2D eigenvalue weighted by Crippen LogP contribution is -3.00. The van der Waals surface area contributed by atoms with Gasteiger partial charge in [-0.1, -0.05) is 117 Å². The second-order valence-corrected chi connectivity index (χ2v) is 16.4. The van der Waals surface area contributed by atoms with Gasteiger partial charge in [0.2, 0.25) is 0 Å². The first-order valence-corrected chi connectivity index (χ1v) is 22.7. The molecule has 0 saturated heterocycles. The number of ketones is 1. The van der Waals surface area contributed by atoms with Gasteiger partial charge in [-0.05, 0) is 84.5 Å². The number of benzene rings is 6. The standard InChI is InChI=1S/C24H20BrNO2.C22H16O3.C3H7BrO.CH2Cl2.2ClH/c1-15-8-10-19-22(13-15)28-23-14-16(26)9-11-20(23)24(19)18-6-3-2-5-17(18)21(27)7-4-12-25;1-13-7-9-17-19(11-13)25-20-12-14(2)8-10-18(20)21(17)15-5-3-4-6-16(15)22(23)24;4-2-1-3-5;2-1-3;;/h2-3,5-6,8-11,13-14,26H,4,7,12H2,1H3;3-12H,1H2,2H3,(H,23,24);5H,1-3H2;1H2;2*1H/p-1. The third-order valence-corrected chi connectivity index (χ3v) is 10.7. The van der Waals surface area contributed by atoms with Gasteiger partial charge >= 0.3 is 5.97 Å². The molecule has 0 amide bonds. The highest BCUT2D eigenvalue weighted by atomic mass is 79.9. The molecule has 0 spiro atoms. The second-order valence-electron chi connectivity index (χ2n) is 14.0. The Morgan fingerprint density at radius 2 is 1.33 bits per heavy atom. The molecule has 0 unspecified atom stereocenters. The van der Waals surface area contributed by atoms with E-state index in [0.29, 0.717) is 29.7 Å². The fraction of sp³-hybridized carbons (Fsp3) is 0.180. The van der Waals surface area contributed by atoms with Crippen molar-refractivity contribution in [2.45, 2.75) is 33.1 Å². The van der Waals surface area contributed by atoms with Crippen molar-refractivity contribution in [3.8, 4) is 33.9 Å². The molecule has 8 rings (SSSR count). The number of carboxylic acids is 1. The molecular weight excluding hydrogens is 1010 g/mol. The third-order valence-electron chi connectivity index (χ3n) is 9.60. The molecule has 0 saturated carbocycles. The maximum absolute atomic E-state index is 12.9. The highest BCUT2D eigenvalue weighted by Crippen LogP contribution is 2.42. The van der Waals surface area contributed by atoms with E-state index in [1.165, 1.54) is 0 Å². The predicted molar refractivity (Wildman–Crippen MR) is 255 cm³/mol. The molecule has 3 aliphatic rings. The maximum atomic E-state index is 12.9. The number of aromatic carboxylic acids is 1. The molecule has 4 N–H and O–H groups in total. The first-order valence-electron chi connectivity index (χ1n) is 19.4. The normalized spacial score (nSPS) is 10.7. The van der Waals surface area contributed by atoms with Gasteiger partial charge in [0, 0.05) is 68.2 Å². The lowest BCUT2D eigenvalue weighted by atomic mass is 9.88. The number of Topliss-reactive ketones (excluding diaryl/α,β-unsaturated/α-hetero) is 1. The van der Waals surface area contributed by atoms with E-state index in [2.05, 4.69) is 50.6 Å². The van der Waals surface area contributed by atoms with Crippen molar-refractivity contribution < 1.29 is 59.2 Å². The minimum absolute atomic E-state index is 0. The number of aliphatic hydroxyl groups is 1. The van der Waals surface area contributed by atoms with Gasteiger partial charge in [-0.15, -0.1) is 23.2 Å². The molecule has 13 heteroatoms. The smallest absolute Gasteiger partial charge is 0.336 e. The van der Waals surface area contributed by atoms with Crippen molar-refractivity contribution >= 4 is 89.9 Å². The van der Waals surface area contributed by atoms with Crippen LogP contribution in [0, 0.1) is 13.8 Å². The van der Waals surface area contributed by atoms with Gasteiger partial charge in [0.1, 0.15) is 22.8 Å². The average Bonchev–Trinajstić information content (AvgIpc) is 3.24. The van der Waals surface area contributed by atoms with E-state index in [9.17, 15) is 14.7 Å². The SMILES string of the molecule is C=c1ccc2c(c1)Oc1cc(C)ccc1C=2c1ccccc1C(=O)O.Cc1ccc2c(-c3ccccc3C(=O)CCCBr)c3ccc(=[NH2+])cc-3oc2c1.ClCCl.OCCCBr.[Cl-].[Cl-]. The summed E-state index contributed by atoms with van der Waals surface area (Å²) in [4.78, 5) is 24.7. The average molecular weight is 1060 g/mol. The van der Waals surface area contributed by atoms with Crippen molar-refractivity contribution in [1.82, 2.24) is 0 Å². The fourth-order valence-electron chi connectivity index (χ4n) is 6.89. The van der Waals surface area contributed by atoms with Crippen molar-refractivity contribution in [3.05, 3.63) is 171 Å². The van der Waals surface area contributed by atoms with E-state index >= 15 is 0 Å². The summed E-state index contributed by atoms with van der Waals surface area (Å²) in [6, 6.07) is 38.4. The third kappa shape index (κ3) is 13.3. The van der Waals surface area contributed by atoms with E-state index in [0.717, 1.165) is 101 Å². The lowest BCUT2D eigenvalue weighted by molar-refractivity contribution is -0.172. The Morgan fingerprint density at radius 3 is 1.98 bits per heavy atom. The summed E-state index contributed by atoms with van der Waals surface area (Å²) in [5.74, 6) is 1.35. The summed E-state index contributed by atoms with van der Waals surface area (Å²) in [6.45, 7) is 8.30. The summed E-state index contributed by atoms with van der Waals surface area (Å²) < 4.78 is 12.2. The van der Waals surface area contributed by atoms with Crippen LogP contribution in [0.1, 0.15) is 62.2 Å². The molecule has 0 aromatic heterocycles. The van der Waals surface area contributed by atoms with Crippen LogP contribution >= 0.6 is 55.1 Å². The number of carbonyl (C=O) groups excluding carboxylic acids is 1. The second kappa shape index (κ2) is 25.7. The number of hydrogen-bond donors (Lipinski definition) is 3. The summed E-state index contributed by atoms with van der Waals surface area (Å²) in [5, 5.41) is 28.9. The Morgan fingerprint density at radius 1 is 0.714 bits per heavy atom. The van der Waals surface area contributed by atoms with Gasteiger partial charge in [0.25, 0.3) is 0 Å². The highest BCUT2D eigenvalue weighted by molar-refractivity contribution is 9.09. The zero-order valence-electron chi connectivity index (χ0n) is 34.6. The number of aliphatic hydroxyl groups excluding tert-OH is 1. The molecule has 0 bridgehead atoms. The summed E-state index contributed by atoms with van der Waals surface area (Å²) in [7, 11) is 0. The van der Waals surface area contributed by atoms with Crippen molar-refractivity contribution in [2.24, 2.45) is 0 Å². The Bertz CT molecular complexity index is 2810. The number of aryl methyl sites for hydroxylation is 2. The minimum Gasteiger partial charge on any atom is -1.00 e. The molecule has 1 aliphatic carbocycles. The summed E-state index contributed by atoms with van der Waals surface area (Å²) in [6.07, 6.45) is 2.19. The van der Waals surface area contributed by atoms with Gasteiger partial charge in [-0.25, -0.2) is 4.79 Å². The van der Waals surface area contributed by atoms with Crippen molar-refractivity contribution in [1.29, 1.82) is 0 Å². The number of hydrogen-bond acceptors (Lipinski definition) is 5. The summed E-state index contributed by atoms with van der Waals surface area (Å²) in [5.41, 5.74) is 9.35. The molecule has 63 heavy (non-hydrogen) atoms. The first kappa shape index (κ1) is 52.9. The van der Waals surface area contributed by atoms with E-state index in [1.54, 1.807) is 12.1 Å². The molecule has 5 aromatic carbocycles. The van der Waals surface area contributed by atoms with Crippen LogP contribution < -0.4 is 50.8 Å². The van der Waals surface area contributed by atoms with Crippen LogP contribution in [0.4, 0.5) is 0 Å². The zero-order chi connectivity index (χ0) is 44.1. The molecule has 2 aliphatic heterocycles. The number of carboxylic acid groups (broad SMARTS) is 1. The monoisotopic (exact) mass is 1050 g/mol. The van der Waals surface area contributed by atoms with Gasteiger partial charge in [-0.2, -0.15) is 0 Å².